The lowest BCUT2D eigenvalue weighted by molar-refractivity contribution is -0.384. The van der Waals surface area contributed by atoms with E-state index in [2.05, 4.69) is 5.32 Å². The highest BCUT2D eigenvalue weighted by atomic mass is 35.5. The van der Waals surface area contributed by atoms with E-state index in [1.165, 1.54) is 25.3 Å². The Kier molecular flexibility index (Phi) is 6.05. The molecule has 2 rings (SSSR count). The van der Waals surface area contributed by atoms with Crippen LogP contribution in [0, 0.1) is 24.0 Å². The summed E-state index contributed by atoms with van der Waals surface area (Å²) in [4.78, 5) is 23.0. The minimum absolute atomic E-state index is 0.0692. The Hall–Kier alpha value is -2.80. The summed E-state index contributed by atoms with van der Waals surface area (Å²) in [6.45, 7) is 5.24. The molecule has 0 saturated carbocycles. The lowest BCUT2D eigenvalue weighted by Gasteiger charge is -2.16. The maximum atomic E-state index is 12.4. The minimum Gasteiger partial charge on any atom is -0.496 e. The number of nitrogens with zero attached hydrogens (tertiary/aromatic N) is 1. The van der Waals surface area contributed by atoms with Crippen molar-refractivity contribution in [3.63, 3.8) is 0 Å². The Bertz CT molecular complexity index is 830. The first-order valence-electron chi connectivity index (χ1n) is 7.79. The number of amides is 1. The predicted molar refractivity (Wildman–Crippen MR) is 99.3 cm³/mol. The third-order valence-electron chi connectivity index (χ3n) is 3.75. The van der Waals surface area contributed by atoms with Crippen LogP contribution in [-0.2, 0) is 4.79 Å². The number of hydrogen-bond acceptors (Lipinski definition) is 5. The standard InChI is InChI=1S/C18H19ClN2O5/c1-10-7-14(8-11(2)17(10)19)26-12(3)18(22)20-15-6-5-13(25-4)9-16(15)21(23)24/h5-9,12H,1-4H3,(H,20,22). The Morgan fingerprint density at radius 3 is 2.35 bits per heavy atom. The van der Waals surface area contributed by atoms with Gasteiger partial charge in [0.05, 0.1) is 18.1 Å². The summed E-state index contributed by atoms with van der Waals surface area (Å²) in [7, 11) is 1.41. The van der Waals surface area contributed by atoms with E-state index >= 15 is 0 Å². The molecule has 1 amide bonds. The fourth-order valence-corrected chi connectivity index (χ4v) is 2.47. The quantitative estimate of drug-likeness (QED) is 0.598. The van der Waals surface area contributed by atoms with E-state index < -0.39 is 16.9 Å². The van der Waals surface area contributed by atoms with Gasteiger partial charge in [-0.3, -0.25) is 14.9 Å². The average Bonchev–Trinajstić information content (AvgIpc) is 2.59. The second-order valence-electron chi connectivity index (χ2n) is 5.76. The van der Waals surface area contributed by atoms with E-state index in [1.807, 2.05) is 13.8 Å². The number of nitro groups is 1. The molecule has 0 heterocycles. The molecule has 0 aromatic heterocycles. The zero-order valence-electron chi connectivity index (χ0n) is 14.8. The molecular weight excluding hydrogens is 360 g/mol. The molecule has 0 saturated heterocycles. The predicted octanol–water partition coefficient (Wildman–Crippen LogP) is 4.28. The highest BCUT2D eigenvalue weighted by molar-refractivity contribution is 6.32. The number of ether oxygens (including phenoxy) is 2. The van der Waals surface area contributed by atoms with Crippen LogP contribution < -0.4 is 14.8 Å². The molecule has 0 aliphatic rings. The summed E-state index contributed by atoms with van der Waals surface area (Å²) in [5, 5.41) is 14.4. The van der Waals surface area contributed by atoms with E-state index in [0.29, 0.717) is 16.5 Å². The Morgan fingerprint density at radius 2 is 1.81 bits per heavy atom. The van der Waals surface area contributed by atoms with E-state index in [9.17, 15) is 14.9 Å². The highest BCUT2D eigenvalue weighted by Crippen LogP contribution is 2.30. The van der Waals surface area contributed by atoms with Gasteiger partial charge in [-0.25, -0.2) is 0 Å². The maximum absolute atomic E-state index is 12.4. The van der Waals surface area contributed by atoms with Gasteiger partial charge in [-0.2, -0.15) is 0 Å². The van der Waals surface area contributed by atoms with Gasteiger partial charge in [0.15, 0.2) is 6.10 Å². The van der Waals surface area contributed by atoms with Crippen molar-refractivity contribution in [1.29, 1.82) is 0 Å². The molecule has 7 nitrogen and oxygen atoms in total. The van der Waals surface area contributed by atoms with E-state index in [1.54, 1.807) is 19.1 Å². The van der Waals surface area contributed by atoms with Crippen LogP contribution in [0.1, 0.15) is 18.1 Å². The SMILES string of the molecule is COc1ccc(NC(=O)C(C)Oc2cc(C)c(Cl)c(C)c2)c([N+](=O)[O-])c1. The zero-order chi connectivity index (χ0) is 19.4. The number of benzene rings is 2. The molecule has 1 unspecified atom stereocenters. The number of carbonyl (C=O) groups is 1. The van der Waals surface area contributed by atoms with E-state index in [0.717, 1.165) is 11.1 Å². The van der Waals surface area contributed by atoms with Crippen LogP contribution in [0.3, 0.4) is 0 Å². The van der Waals surface area contributed by atoms with Crippen molar-refractivity contribution in [2.75, 3.05) is 12.4 Å². The van der Waals surface area contributed by atoms with E-state index in [-0.39, 0.29) is 11.4 Å². The van der Waals surface area contributed by atoms with Crippen molar-refractivity contribution >= 4 is 28.9 Å². The highest BCUT2D eigenvalue weighted by Gasteiger charge is 2.21. The topological polar surface area (TPSA) is 90.7 Å². The molecule has 0 aliphatic heterocycles. The summed E-state index contributed by atoms with van der Waals surface area (Å²) in [5.74, 6) is 0.311. The largest absolute Gasteiger partial charge is 0.496 e. The fraction of sp³-hybridized carbons (Fsp3) is 0.278. The monoisotopic (exact) mass is 378 g/mol. The molecule has 2 aromatic carbocycles. The van der Waals surface area contributed by atoms with Crippen LogP contribution in [0.15, 0.2) is 30.3 Å². The zero-order valence-corrected chi connectivity index (χ0v) is 15.6. The van der Waals surface area contributed by atoms with Crippen molar-refractivity contribution < 1.29 is 19.2 Å². The fourth-order valence-electron chi connectivity index (χ4n) is 2.36. The number of nitro benzene ring substituents is 1. The summed E-state index contributed by atoms with van der Waals surface area (Å²) in [6.07, 6.45) is -0.864. The van der Waals surface area contributed by atoms with Gasteiger partial charge < -0.3 is 14.8 Å². The van der Waals surface area contributed by atoms with Crippen LogP contribution in [0.2, 0.25) is 5.02 Å². The van der Waals surface area contributed by atoms with Crippen LogP contribution >= 0.6 is 11.6 Å². The number of anilines is 1. The van der Waals surface area contributed by atoms with Gasteiger partial charge in [0.25, 0.3) is 11.6 Å². The van der Waals surface area contributed by atoms with Gasteiger partial charge in [-0.05, 0) is 56.2 Å². The molecule has 0 bridgehead atoms. The average molecular weight is 379 g/mol. The van der Waals surface area contributed by atoms with Crippen LogP contribution in [-0.4, -0.2) is 24.0 Å². The molecule has 26 heavy (non-hydrogen) atoms. The van der Waals surface area contributed by atoms with E-state index in [4.69, 9.17) is 21.1 Å². The number of methoxy groups -OCH3 is 1. The van der Waals surface area contributed by atoms with Crippen molar-refractivity contribution in [2.24, 2.45) is 0 Å². The van der Waals surface area contributed by atoms with Crippen LogP contribution in [0.5, 0.6) is 11.5 Å². The first-order chi connectivity index (χ1) is 12.2. The number of carbonyl (C=O) groups excluding carboxylic acids is 1. The molecule has 8 heteroatoms. The second-order valence-corrected chi connectivity index (χ2v) is 6.14. The first-order valence-corrected chi connectivity index (χ1v) is 8.17. The molecule has 0 spiro atoms. The summed E-state index contributed by atoms with van der Waals surface area (Å²) in [5.41, 5.74) is 1.47. The normalized spacial score (nSPS) is 11.6. The Balaban J connectivity index is 2.16. The number of hydrogen-bond donors (Lipinski definition) is 1. The van der Waals surface area contributed by atoms with Gasteiger partial charge >= 0.3 is 0 Å². The molecule has 1 N–H and O–H groups in total. The van der Waals surface area contributed by atoms with Crippen molar-refractivity contribution in [1.82, 2.24) is 0 Å². The summed E-state index contributed by atoms with van der Waals surface area (Å²) in [6, 6.07) is 7.65. The third-order valence-corrected chi connectivity index (χ3v) is 4.35. The number of rotatable bonds is 6. The number of nitrogens with one attached hydrogen (secondary N) is 1. The lowest BCUT2D eigenvalue weighted by Crippen LogP contribution is -2.30. The molecular formula is C18H19ClN2O5. The third kappa shape index (κ3) is 4.43. The van der Waals surface area contributed by atoms with Crippen molar-refractivity contribution in [2.45, 2.75) is 26.9 Å². The van der Waals surface area contributed by atoms with Gasteiger partial charge in [-0.1, -0.05) is 11.6 Å². The van der Waals surface area contributed by atoms with Gasteiger partial charge in [0, 0.05) is 5.02 Å². The smallest absolute Gasteiger partial charge is 0.296 e. The summed E-state index contributed by atoms with van der Waals surface area (Å²) >= 11 is 6.12. The van der Waals surface area contributed by atoms with Gasteiger partial charge in [0.2, 0.25) is 0 Å². The lowest BCUT2D eigenvalue weighted by atomic mass is 10.1. The van der Waals surface area contributed by atoms with Crippen molar-refractivity contribution in [3.05, 3.63) is 56.6 Å². The van der Waals surface area contributed by atoms with Gasteiger partial charge in [-0.15, -0.1) is 0 Å². The molecule has 1 atom stereocenters. The Labute approximate surface area is 156 Å². The van der Waals surface area contributed by atoms with Crippen LogP contribution in [0.25, 0.3) is 0 Å². The van der Waals surface area contributed by atoms with Crippen LogP contribution in [0.4, 0.5) is 11.4 Å². The molecule has 0 radical (unpaired) electrons. The van der Waals surface area contributed by atoms with Gasteiger partial charge in [0.1, 0.15) is 17.2 Å². The Morgan fingerprint density at radius 1 is 1.19 bits per heavy atom. The maximum Gasteiger partial charge on any atom is 0.296 e. The second kappa shape index (κ2) is 8.05. The minimum atomic E-state index is -0.864. The number of aryl methyl sites for hydroxylation is 2. The molecule has 0 aliphatic carbocycles. The summed E-state index contributed by atoms with van der Waals surface area (Å²) < 4.78 is 10.6. The molecule has 138 valence electrons. The first kappa shape index (κ1) is 19.5. The number of halogens is 1. The molecule has 0 fully saturated rings. The molecule has 2 aromatic rings. The van der Waals surface area contributed by atoms with Crippen molar-refractivity contribution in [3.8, 4) is 11.5 Å².